The van der Waals surface area contributed by atoms with Gasteiger partial charge < -0.3 is 0 Å². The van der Waals surface area contributed by atoms with Gasteiger partial charge in [0.15, 0.2) is 0 Å². The first kappa shape index (κ1) is 12.7. The highest BCUT2D eigenvalue weighted by molar-refractivity contribution is 9.10. The van der Waals surface area contributed by atoms with Crippen LogP contribution in [-0.2, 0) is 0 Å². The average molecular weight is 315 g/mol. The summed E-state index contributed by atoms with van der Waals surface area (Å²) in [5.41, 5.74) is 4.33. The van der Waals surface area contributed by atoms with Crippen molar-refractivity contribution in [3.8, 4) is 0 Å². The molecule has 0 fully saturated rings. The second-order valence-electron chi connectivity index (χ2n) is 3.70. The topological polar surface area (TPSA) is 38.0 Å². The van der Waals surface area contributed by atoms with Crippen LogP contribution in [0, 0.1) is 12.7 Å². The van der Waals surface area contributed by atoms with Gasteiger partial charge in [-0.25, -0.2) is 9.82 Å². The van der Waals surface area contributed by atoms with Crippen LogP contribution in [0.1, 0.15) is 22.0 Å². The number of hydrazine groups is 1. The first-order valence-electron chi connectivity index (χ1n) is 5.09. The first-order chi connectivity index (χ1) is 8.15. The van der Waals surface area contributed by atoms with E-state index in [-0.39, 0.29) is 11.9 Å². The Balaban J connectivity index is 2.53. The smallest absolute Gasteiger partial charge is 0.129 e. The molecule has 0 saturated carbocycles. The Morgan fingerprint density at radius 1 is 1.41 bits per heavy atom. The van der Waals surface area contributed by atoms with Gasteiger partial charge in [0.2, 0.25) is 0 Å². The molecule has 0 spiro atoms. The zero-order valence-electron chi connectivity index (χ0n) is 9.21. The Bertz CT molecular complexity index is 507. The molecule has 1 aromatic carbocycles. The van der Waals surface area contributed by atoms with E-state index in [1.165, 1.54) is 6.07 Å². The number of rotatable bonds is 3. The van der Waals surface area contributed by atoms with Crippen molar-refractivity contribution < 1.29 is 4.39 Å². The van der Waals surface area contributed by atoms with E-state index in [0.717, 1.165) is 10.4 Å². The second-order valence-corrected chi connectivity index (χ2v) is 5.50. The average Bonchev–Trinajstić information content (AvgIpc) is 2.70. The van der Waals surface area contributed by atoms with E-state index in [1.807, 2.05) is 24.4 Å². The van der Waals surface area contributed by atoms with Crippen molar-refractivity contribution >= 4 is 27.3 Å². The fourth-order valence-corrected chi connectivity index (χ4v) is 3.32. The van der Waals surface area contributed by atoms with Crippen molar-refractivity contribution in [2.24, 2.45) is 5.84 Å². The van der Waals surface area contributed by atoms with E-state index in [2.05, 4.69) is 21.4 Å². The number of hydrogen-bond acceptors (Lipinski definition) is 3. The molecular weight excluding hydrogens is 303 g/mol. The van der Waals surface area contributed by atoms with Gasteiger partial charge in [-0.1, -0.05) is 22.0 Å². The second kappa shape index (κ2) is 5.27. The highest BCUT2D eigenvalue weighted by Crippen LogP contribution is 2.34. The largest absolute Gasteiger partial charge is 0.271 e. The Kier molecular flexibility index (Phi) is 3.93. The highest BCUT2D eigenvalue weighted by Gasteiger charge is 2.21. The van der Waals surface area contributed by atoms with Crippen molar-refractivity contribution in [3.05, 3.63) is 55.9 Å². The normalized spacial score (nSPS) is 12.7. The molecule has 0 radical (unpaired) electrons. The third-order valence-corrected chi connectivity index (χ3v) is 4.39. The van der Waals surface area contributed by atoms with E-state index in [9.17, 15) is 4.39 Å². The molecule has 0 saturated heterocycles. The molecule has 90 valence electrons. The number of benzene rings is 1. The number of halogens is 2. The summed E-state index contributed by atoms with van der Waals surface area (Å²) in [6.45, 7) is 1.99. The lowest BCUT2D eigenvalue weighted by atomic mass is 10.0. The van der Waals surface area contributed by atoms with Crippen LogP contribution in [0.15, 0.2) is 34.1 Å². The summed E-state index contributed by atoms with van der Waals surface area (Å²) in [5, 5.41) is 1.98. The number of aryl methyl sites for hydroxylation is 1. The van der Waals surface area contributed by atoms with E-state index in [0.29, 0.717) is 10.0 Å². The predicted molar refractivity (Wildman–Crippen MR) is 72.3 cm³/mol. The lowest BCUT2D eigenvalue weighted by Crippen LogP contribution is -2.29. The fourth-order valence-electron chi connectivity index (χ4n) is 1.76. The van der Waals surface area contributed by atoms with Crippen LogP contribution in [0.5, 0.6) is 0 Å². The standard InChI is InChI=1S/C12H12BrFN2S/c1-7-5-6-17-12(7)11(16-15)10-8(13)3-2-4-9(10)14/h2-6,11,16H,15H2,1H3. The molecule has 0 aliphatic heterocycles. The van der Waals surface area contributed by atoms with Gasteiger partial charge in [0, 0.05) is 14.9 Å². The van der Waals surface area contributed by atoms with E-state index in [4.69, 9.17) is 5.84 Å². The van der Waals surface area contributed by atoms with Crippen molar-refractivity contribution in [3.63, 3.8) is 0 Å². The Labute approximate surface area is 112 Å². The maximum atomic E-state index is 13.9. The maximum Gasteiger partial charge on any atom is 0.129 e. The van der Waals surface area contributed by atoms with Gasteiger partial charge in [-0.15, -0.1) is 11.3 Å². The van der Waals surface area contributed by atoms with Crippen LogP contribution >= 0.6 is 27.3 Å². The van der Waals surface area contributed by atoms with Gasteiger partial charge >= 0.3 is 0 Å². The molecule has 1 unspecified atom stereocenters. The van der Waals surface area contributed by atoms with E-state index in [1.54, 1.807) is 17.4 Å². The van der Waals surface area contributed by atoms with Crippen LogP contribution in [-0.4, -0.2) is 0 Å². The lowest BCUT2D eigenvalue weighted by molar-refractivity contribution is 0.561. The minimum atomic E-state index is -0.328. The Morgan fingerprint density at radius 3 is 2.71 bits per heavy atom. The van der Waals surface area contributed by atoms with Crippen LogP contribution in [0.25, 0.3) is 0 Å². The fraction of sp³-hybridized carbons (Fsp3) is 0.167. The molecule has 1 atom stereocenters. The summed E-state index contributed by atoms with van der Waals surface area (Å²) >= 11 is 4.93. The number of thiophene rings is 1. The van der Waals surface area contributed by atoms with Gasteiger partial charge in [-0.2, -0.15) is 0 Å². The third-order valence-electron chi connectivity index (χ3n) is 2.62. The molecular formula is C12H12BrFN2S. The molecule has 2 nitrogen and oxygen atoms in total. The molecule has 1 heterocycles. The van der Waals surface area contributed by atoms with E-state index >= 15 is 0 Å². The monoisotopic (exact) mass is 314 g/mol. The van der Waals surface area contributed by atoms with Gasteiger partial charge in [0.05, 0.1) is 6.04 Å². The van der Waals surface area contributed by atoms with Crippen molar-refractivity contribution in [1.29, 1.82) is 0 Å². The minimum absolute atomic E-state index is 0.268. The SMILES string of the molecule is Cc1ccsc1C(NN)c1c(F)cccc1Br. The predicted octanol–water partition coefficient (Wildman–Crippen LogP) is 3.51. The Hall–Kier alpha value is -0.750. The Morgan fingerprint density at radius 2 is 2.18 bits per heavy atom. The summed E-state index contributed by atoms with van der Waals surface area (Å²) in [4.78, 5) is 1.03. The number of nitrogens with one attached hydrogen (secondary N) is 1. The lowest BCUT2D eigenvalue weighted by Gasteiger charge is -2.18. The quantitative estimate of drug-likeness (QED) is 0.672. The highest BCUT2D eigenvalue weighted by atomic mass is 79.9. The molecule has 2 rings (SSSR count). The molecule has 0 aliphatic carbocycles. The molecule has 3 N–H and O–H groups in total. The third kappa shape index (κ3) is 2.42. The maximum absolute atomic E-state index is 13.9. The number of hydrogen-bond donors (Lipinski definition) is 2. The zero-order valence-corrected chi connectivity index (χ0v) is 11.6. The minimum Gasteiger partial charge on any atom is -0.271 e. The first-order valence-corrected chi connectivity index (χ1v) is 6.76. The summed E-state index contributed by atoms with van der Waals surface area (Å²) in [6, 6.07) is 6.58. The molecule has 5 heteroatoms. The van der Waals surface area contributed by atoms with Gasteiger partial charge in [0.25, 0.3) is 0 Å². The molecule has 17 heavy (non-hydrogen) atoms. The zero-order chi connectivity index (χ0) is 12.4. The summed E-state index contributed by atoms with van der Waals surface area (Å²) in [7, 11) is 0. The molecule has 0 aliphatic rings. The van der Waals surface area contributed by atoms with Gasteiger partial charge in [0.1, 0.15) is 5.82 Å². The van der Waals surface area contributed by atoms with Crippen LogP contribution in [0.3, 0.4) is 0 Å². The number of nitrogens with two attached hydrogens (primary N) is 1. The van der Waals surface area contributed by atoms with Gasteiger partial charge in [-0.05, 0) is 36.1 Å². The van der Waals surface area contributed by atoms with Crippen molar-refractivity contribution in [2.75, 3.05) is 0 Å². The molecule has 2 aromatic rings. The molecule has 0 amide bonds. The molecule has 1 aromatic heterocycles. The molecule has 0 bridgehead atoms. The van der Waals surface area contributed by atoms with Crippen LogP contribution in [0.4, 0.5) is 4.39 Å². The van der Waals surface area contributed by atoms with Gasteiger partial charge in [-0.3, -0.25) is 5.84 Å². The van der Waals surface area contributed by atoms with E-state index < -0.39 is 0 Å². The van der Waals surface area contributed by atoms with Crippen molar-refractivity contribution in [2.45, 2.75) is 13.0 Å². The summed E-state index contributed by atoms with van der Waals surface area (Å²) in [5.74, 6) is 5.30. The summed E-state index contributed by atoms with van der Waals surface area (Å²) < 4.78 is 14.6. The summed E-state index contributed by atoms with van der Waals surface area (Å²) in [6.07, 6.45) is 0. The van der Waals surface area contributed by atoms with Crippen LogP contribution < -0.4 is 11.3 Å². The van der Waals surface area contributed by atoms with Crippen molar-refractivity contribution in [1.82, 2.24) is 5.43 Å². The van der Waals surface area contributed by atoms with Crippen LogP contribution in [0.2, 0.25) is 0 Å².